The second-order valence-electron chi connectivity index (χ2n) is 6.80. The van der Waals surface area contributed by atoms with Crippen molar-refractivity contribution in [3.05, 3.63) is 60.2 Å². The molecule has 216 valence electrons. The SMILES string of the molecule is O.O.O.O=P(O)(O)C(O)(Cc1cccnc1)P(=O)(O)O.O=P(O)(O)C(O)(Cc1cccnc1)P(=O)(O)O. The van der Waals surface area contributed by atoms with Crippen molar-refractivity contribution in [2.24, 2.45) is 0 Å². The van der Waals surface area contributed by atoms with Crippen LogP contribution in [0.25, 0.3) is 0 Å². The number of rotatable bonds is 8. The van der Waals surface area contributed by atoms with Crippen LogP contribution in [-0.4, -0.2) is 85.9 Å². The summed E-state index contributed by atoms with van der Waals surface area (Å²) in [6.45, 7) is 0. The van der Waals surface area contributed by atoms with Crippen molar-refractivity contribution in [1.82, 2.24) is 9.97 Å². The number of aliphatic hydroxyl groups is 2. The van der Waals surface area contributed by atoms with E-state index in [1.807, 2.05) is 0 Å². The van der Waals surface area contributed by atoms with Gasteiger partial charge < -0.3 is 65.8 Å². The van der Waals surface area contributed by atoms with Gasteiger partial charge in [0, 0.05) is 37.6 Å². The molecule has 0 amide bonds. The van der Waals surface area contributed by atoms with Crippen LogP contribution in [0.2, 0.25) is 0 Å². The van der Waals surface area contributed by atoms with Crippen LogP contribution in [-0.2, 0) is 31.1 Å². The van der Waals surface area contributed by atoms with Crippen molar-refractivity contribution in [2.45, 2.75) is 23.0 Å². The lowest BCUT2D eigenvalue weighted by Crippen LogP contribution is -2.31. The van der Waals surface area contributed by atoms with E-state index in [0.29, 0.717) is 0 Å². The van der Waals surface area contributed by atoms with Gasteiger partial charge in [-0.1, -0.05) is 12.1 Å². The smallest absolute Gasteiger partial charge is 0.369 e. The molecule has 0 unspecified atom stereocenters. The second kappa shape index (κ2) is 14.2. The summed E-state index contributed by atoms with van der Waals surface area (Å²) < 4.78 is 44.1. The molecule has 0 bridgehead atoms. The molecule has 0 fully saturated rings. The van der Waals surface area contributed by atoms with Crippen molar-refractivity contribution in [2.75, 3.05) is 0 Å². The molecule has 0 saturated carbocycles. The van der Waals surface area contributed by atoms with Gasteiger partial charge >= 0.3 is 30.4 Å². The van der Waals surface area contributed by atoms with Gasteiger partial charge in [-0.2, -0.15) is 0 Å². The summed E-state index contributed by atoms with van der Waals surface area (Å²) in [7, 11) is -21.6. The Morgan fingerprint density at radius 2 is 0.811 bits per heavy atom. The van der Waals surface area contributed by atoms with Gasteiger partial charge in [-0.05, 0) is 23.3 Å². The maximum absolute atomic E-state index is 11.0. The van der Waals surface area contributed by atoms with Gasteiger partial charge in [0.25, 0.3) is 10.2 Å². The van der Waals surface area contributed by atoms with Crippen LogP contribution in [0.15, 0.2) is 49.1 Å². The first-order chi connectivity index (χ1) is 15.2. The van der Waals surface area contributed by atoms with Crippen LogP contribution in [0.1, 0.15) is 11.1 Å². The van der Waals surface area contributed by atoms with Crippen LogP contribution in [0.5, 0.6) is 0 Å². The van der Waals surface area contributed by atoms with E-state index in [1.54, 1.807) is 0 Å². The summed E-state index contributed by atoms with van der Waals surface area (Å²) in [6, 6.07) is 5.50. The Morgan fingerprint density at radius 1 is 0.568 bits per heavy atom. The zero-order valence-electron chi connectivity index (χ0n) is 18.3. The largest absolute Gasteiger partial charge is 0.412 e. The summed E-state index contributed by atoms with van der Waals surface area (Å²) in [5, 5.41) is 12.3. The topological polar surface area (TPSA) is 391 Å². The lowest BCUT2D eigenvalue weighted by Gasteiger charge is -2.29. The lowest BCUT2D eigenvalue weighted by atomic mass is 10.2. The molecule has 2 aromatic rings. The number of hydrogen-bond acceptors (Lipinski definition) is 8. The zero-order chi connectivity index (χ0) is 26.6. The highest BCUT2D eigenvalue weighted by atomic mass is 31.2. The second-order valence-corrected chi connectivity index (χ2v) is 14.8. The zero-order valence-corrected chi connectivity index (χ0v) is 21.9. The third-order valence-corrected chi connectivity index (χ3v) is 11.7. The minimum absolute atomic E-state index is 0. The molecule has 2 heterocycles. The molecule has 0 radical (unpaired) electrons. The average Bonchev–Trinajstić information content (AvgIpc) is 2.66. The fourth-order valence-corrected chi connectivity index (χ4v) is 6.57. The van der Waals surface area contributed by atoms with Gasteiger partial charge in [0.1, 0.15) is 0 Å². The van der Waals surface area contributed by atoms with E-state index in [2.05, 4.69) is 9.97 Å². The molecule has 0 aromatic carbocycles. The van der Waals surface area contributed by atoms with Crippen molar-refractivity contribution >= 4 is 30.4 Å². The average molecular weight is 620 g/mol. The summed E-state index contributed by atoms with van der Waals surface area (Å²) in [4.78, 5) is 78.3. The van der Waals surface area contributed by atoms with Gasteiger partial charge in [0.15, 0.2) is 0 Å². The van der Waals surface area contributed by atoms with E-state index in [1.165, 1.54) is 36.7 Å². The molecule has 0 aliphatic rings. The molecule has 16 N–H and O–H groups in total. The molecule has 0 atom stereocenters. The van der Waals surface area contributed by atoms with Crippen molar-refractivity contribution < 1.29 is 84.0 Å². The molecule has 19 nitrogen and oxygen atoms in total. The Hall–Kier alpha value is -1.30. The molecule has 2 rings (SSSR count). The molecule has 0 saturated heterocycles. The van der Waals surface area contributed by atoms with Crippen LogP contribution in [0.4, 0.5) is 0 Å². The Balaban J connectivity index is -0.000000578. The van der Waals surface area contributed by atoms with Crippen molar-refractivity contribution in [3.63, 3.8) is 0 Å². The van der Waals surface area contributed by atoms with Gasteiger partial charge in [-0.15, -0.1) is 0 Å². The highest BCUT2D eigenvalue weighted by Crippen LogP contribution is 2.69. The number of pyridine rings is 2. The number of aromatic nitrogens is 2. The van der Waals surface area contributed by atoms with Crippen LogP contribution in [0, 0.1) is 0 Å². The predicted molar refractivity (Wildman–Crippen MR) is 125 cm³/mol. The molecule has 23 heteroatoms. The van der Waals surface area contributed by atoms with Gasteiger partial charge in [-0.3, -0.25) is 28.2 Å². The van der Waals surface area contributed by atoms with E-state index < -0.39 is 53.4 Å². The Morgan fingerprint density at radius 3 is 0.973 bits per heavy atom. The standard InChI is InChI=1S/2C7H11NO7P2.3H2O/c2*9-7(16(10,11)12,17(13,14)15)4-6-2-1-3-8-5-6;;;/h2*1-3,5,9H,4H2,(H2,10,11,12)(H2,13,14,15);3*1H2. The third-order valence-electron chi connectivity index (χ3n) is 4.19. The van der Waals surface area contributed by atoms with Crippen molar-refractivity contribution in [1.29, 1.82) is 0 Å². The third kappa shape index (κ3) is 10.1. The molecular formula is C14H28N2O17P4. The maximum atomic E-state index is 11.0. The van der Waals surface area contributed by atoms with Crippen molar-refractivity contribution in [3.8, 4) is 0 Å². The van der Waals surface area contributed by atoms with Crippen LogP contribution >= 0.6 is 30.4 Å². The molecule has 2 aromatic heterocycles. The molecule has 0 aliphatic carbocycles. The Labute approximate surface area is 208 Å². The summed E-state index contributed by atoms with van der Waals surface area (Å²) in [6.07, 6.45) is 3.26. The van der Waals surface area contributed by atoms with Gasteiger partial charge in [0.05, 0.1) is 0 Å². The quantitative estimate of drug-likeness (QED) is 0.130. The first-order valence-corrected chi connectivity index (χ1v) is 15.1. The van der Waals surface area contributed by atoms with Crippen LogP contribution < -0.4 is 0 Å². The number of nitrogens with zero attached hydrogens (tertiary/aromatic N) is 2. The van der Waals surface area contributed by atoms with Gasteiger partial charge in [-0.25, -0.2) is 0 Å². The minimum atomic E-state index is -5.41. The van der Waals surface area contributed by atoms with E-state index in [-0.39, 0.29) is 27.6 Å². The first kappa shape index (κ1) is 40.2. The van der Waals surface area contributed by atoms with E-state index in [9.17, 15) is 28.5 Å². The molecule has 0 aliphatic heterocycles. The van der Waals surface area contributed by atoms with Crippen LogP contribution in [0.3, 0.4) is 0 Å². The van der Waals surface area contributed by atoms with E-state index in [0.717, 1.165) is 12.4 Å². The molecular weight excluding hydrogens is 592 g/mol. The predicted octanol–water partition coefficient (Wildman–Crippen LogP) is -3.22. The normalized spacial score (nSPS) is 12.6. The summed E-state index contributed by atoms with van der Waals surface area (Å²) in [5.74, 6) is 0. The highest BCUT2D eigenvalue weighted by Gasteiger charge is 2.60. The highest BCUT2D eigenvalue weighted by molar-refractivity contribution is 7.72. The summed E-state index contributed by atoms with van der Waals surface area (Å²) in [5.41, 5.74) is 0.198. The Bertz CT molecular complexity index is 1010. The monoisotopic (exact) mass is 620 g/mol. The molecule has 0 spiro atoms. The first-order valence-electron chi connectivity index (χ1n) is 8.61. The Kier molecular flexibility index (Phi) is 15.4. The molecule has 37 heavy (non-hydrogen) atoms. The van der Waals surface area contributed by atoms with Gasteiger partial charge in [0.2, 0.25) is 0 Å². The summed E-state index contributed by atoms with van der Waals surface area (Å²) >= 11 is 0. The van der Waals surface area contributed by atoms with E-state index >= 15 is 0 Å². The maximum Gasteiger partial charge on any atom is 0.369 e. The number of hydrogen-bond donors (Lipinski definition) is 10. The lowest BCUT2D eigenvalue weighted by molar-refractivity contribution is 0.130. The fourth-order valence-electron chi connectivity index (χ4n) is 2.30. The minimum Gasteiger partial charge on any atom is -0.412 e. The fraction of sp³-hybridized carbons (Fsp3) is 0.286. The van der Waals surface area contributed by atoms with E-state index in [4.69, 9.17) is 39.1 Å².